The van der Waals surface area contributed by atoms with Gasteiger partial charge in [0.05, 0.1) is 18.7 Å². The zero-order valence-electron chi connectivity index (χ0n) is 11.8. The Morgan fingerprint density at radius 3 is 2.25 bits per heavy atom. The Labute approximate surface area is 118 Å². The molecular formula is C14H21N3O3. The molecule has 5 N–H and O–H groups in total. The molecule has 1 aromatic rings. The van der Waals surface area contributed by atoms with Crippen LogP contribution in [0.2, 0.25) is 0 Å². The number of carbonyl (C=O) groups excluding carboxylic acids is 2. The van der Waals surface area contributed by atoms with E-state index in [0.717, 1.165) is 11.3 Å². The standard InChI is InChI=1S/C14H21N3O3/c1-3-20-11-6-4-10(5-7-11)8-12(14(16)19)17-9(2)13(15)18/h4-7,9,12,17H,3,8H2,1-2H3,(H2,15,18)(H2,16,19)/t9-,12+/m0/s1. The molecule has 2 atom stereocenters. The van der Waals surface area contributed by atoms with Crippen LogP contribution in [0.25, 0.3) is 0 Å². The summed E-state index contributed by atoms with van der Waals surface area (Å²) in [6, 6.07) is 6.11. The van der Waals surface area contributed by atoms with Gasteiger partial charge < -0.3 is 16.2 Å². The van der Waals surface area contributed by atoms with Crippen LogP contribution in [0, 0.1) is 0 Å². The molecule has 0 unspecified atom stereocenters. The number of hydrogen-bond acceptors (Lipinski definition) is 4. The SMILES string of the molecule is CCOc1ccc(C[C@@H](N[C@@H](C)C(N)=O)C(N)=O)cc1. The van der Waals surface area contributed by atoms with Crippen molar-refractivity contribution in [3.8, 4) is 5.75 Å². The highest BCUT2D eigenvalue weighted by molar-refractivity contribution is 5.83. The second-order valence-corrected chi connectivity index (χ2v) is 4.53. The number of hydrogen-bond donors (Lipinski definition) is 3. The molecule has 0 spiro atoms. The minimum Gasteiger partial charge on any atom is -0.494 e. The van der Waals surface area contributed by atoms with Gasteiger partial charge in [0.1, 0.15) is 5.75 Å². The van der Waals surface area contributed by atoms with Gasteiger partial charge in [-0.25, -0.2) is 0 Å². The fourth-order valence-corrected chi connectivity index (χ4v) is 1.75. The van der Waals surface area contributed by atoms with Gasteiger partial charge >= 0.3 is 0 Å². The molecule has 1 aromatic carbocycles. The third-order valence-corrected chi connectivity index (χ3v) is 2.90. The van der Waals surface area contributed by atoms with E-state index in [4.69, 9.17) is 16.2 Å². The zero-order valence-corrected chi connectivity index (χ0v) is 11.8. The summed E-state index contributed by atoms with van der Waals surface area (Å²) < 4.78 is 5.34. The highest BCUT2D eigenvalue weighted by atomic mass is 16.5. The molecule has 0 aliphatic heterocycles. The van der Waals surface area contributed by atoms with Crippen LogP contribution < -0.4 is 21.5 Å². The Kier molecular flexibility index (Phi) is 5.99. The summed E-state index contributed by atoms with van der Waals surface area (Å²) in [7, 11) is 0. The van der Waals surface area contributed by atoms with Crippen molar-refractivity contribution in [2.24, 2.45) is 11.5 Å². The van der Waals surface area contributed by atoms with Crippen LogP contribution in [0.5, 0.6) is 5.75 Å². The van der Waals surface area contributed by atoms with E-state index in [9.17, 15) is 9.59 Å². The number of nitrogens with one attached hydrogen (secondary N) is 1. The van der Waals surface area contributed by atoms with Gasteiger partial charge in [0.2, 0.25) is 11.8 Å². The molecule has 0 saturated carbocycles. The van der Waals surface area contributed by atoms with E-state index < -0.39 is 23.9 Å². The lowest BCUT2D eigenvalue weighted by Crippen LogP contribution is -2.51. The molecule has 20 heavy (non-hydrogen) atoms. The molecule has 0 radical (unpaired) electrons. The molecule has 0 aromatic heterocycles. The third-order valence-electron chi connectivity index (χ3n) is 2.90. The lowest BCUT2D eigenvalue weighted by molar-refractivity contribution is -0.122. The average molecular weight is 279 g/mol. The van der Waals surface area contributed by atoms with Crippen molar-refractivity contribution in [2.75, 3.05) is 6.61 Å². The Morgan fingerprint density at radius 2 is 1.80 bits per heavy atom. The van der Waals surface area contributed by atoms with Gasteiger partial charge in [-0.3, -0.25) is 14.9 Å². The number of carbonyl (C=O) groups is 2. The first-order chi connectivity index (χ1) is 9.43. The van der Waals surface area contributed by atoms with Gasteiger partial charge in [-0.1, -0.05) is 12.1 Å². The second kappa shape index (κ2) is 7.49. The summed E-state index contributed by atoms with van der Waals surface area (Å²) in [6.07, 6.45) is 0.388. The maximum Gasteiger partial charge on any atom is 0.234 e. The van der Waals surface area contributed by atoms with Crippen molar-refractivity contribution < 1.29 is 14.3 Å². The molecule has 2 amide bonds. The fourth-order valence-electron chi connectivity index (χ4n) is 1.75. The van der Waals surface area contributed by atoms with Crippen LogP contribution in [0.1, 0.15) is 19.4 Å². The van der Waals surface area contributed by atoms with Crippen LogP contribution >= 0.6 is 0 Å². The summed E-state index contributed by atoms with van der Waals surface area (Å²) in [5, 5.41) is 2.82. The molecule has 1 rings (SSSR count). The van der Waals surface area contributed by atoms with Crippen molar-refractivity contribution in [3.63, 3.8) is 0 Å². The Morgan fingerprint density at radius 1 is 1.20 bits per heavy atom. The number of primary amides is 2. The van der Waals surface area contributed by atoms with E-state index in [0.29, 0.717) is 13.0 Å². The number of amides is 2. The summed E-state index contributed by atoms with van der Waals surface area (Å²) in [5.74, 6) is -0.278. The first-order valence-corrected chi connectivity index (χ1v) is 6.50. The molecule has 0 heterocycles. The largest absolute Gasteiger partial charge is 0.494 e. The number of ether oxygens (including phenoxy) is 1. The van der Waals surface area contributed by atoms with Crippen LogP contribution in [-0.4, -0.2) is 30.5 Å². The zero-order chi connectivity index (χ0) is 15.1. The number of rotatable bonds is 8. The van der Waals surface area contributed by atoms with Crippen LogP contribution in [0.15, 0.2) is 24.3 Å². The minimum absolute atomic E-state index is 0.388. The van der Waals surface area contributed by atoms with Crippen molar-refractivity contribution >= 4 is 11.8 Å². The third kappa shape index (κ3) is 4.89. The number of benzene rings is 1. The van der Waals surface area contributed by atoms with Gasteiger partial charge in [-0.2, -0.15) is 0 Å². The van der Waals surface area contributed by atoms with Gasteiger partial charge in [-0.15, -0.1) is 0 Å². The smallest absolute Gasteiger partial charge is 0.234 e. The molecular weight excluding hydrogens is 258 g/mol. The summed E-state index contributed by atoms with van der Waals surface area (Å²) in [5.41, 5.74) is 11.4. The van der Waals surface area contributed by atoms with Gasteiger partial charge in [0.15, 0.2) is 0 Å². The van der Waals surface area contributed by atoms with Crippen LogP contribution in [0.4, 0.5) is 0 Å². The van der Waals surface area contributed by atoms with Crippen molar-refractivity contribution in [3.05, 3.63) is 29.8 Å². The highest BCUT2D eigenvalue weighted by Crippen LogP contribution is 2.13. The molecule has 6 heteroatoms. The maximum absolute atomic E-state index is 11.4. The van der Waals surface area contributed by atoms with E-state index in [1.807, 2.05) is 31.2 Å². The van der Waals surface area contributed by atoms with Gasteiger partial charge in [0.25, 0.3) is 0 Å². The van der Waals surface area contributed by atoms with E-state index in [-0.39, 0.29) is 0 Å². The molecule has 0 saturated heterocycles. The van der Waals surface area contributed by atoms with E-state index in [2.05, 4.69) is 5.32 Å². The topological polar surface area (TPSA) is 107 Å². The first kappa shape index (κ1) is 16.0. The predicted octanol–water partition coefficient (Wildman–Crippen LogP) is -0.0549. The molecule has 0 fully saturated rings. The van der Waals surface area contributed by atoms with E-state index >= 15 is 0 Å². The van der Waals surface area contributed by atoms with Gasteiger partial charge in [-0.05, 0) is 38.0 Å². The number of nitrogens with two attached hydrogens (primary N) is 2. The Hall–Kier alpha value is -2.08. The van der Waals surface area contributed by atoms with Crippen molar-refractivity contribution in [2.45, 2.75) is 32.4 Å². The Balaban J connectivity index is 2.70. The van der Waals surface area contributed by atoms with E-state index in [1.165, 1.54) is 0 Å². The van der Waals surface area contributed by atoms with Crippen LogP contribution in [-0.2, 0) is 16.0 Å². The van der Waals surface area contributed by atoms with Crippen molar-refractivity contribution in [1.82, 2.24) is 5.32 Å². The van der Waals surface area contributed by atoms with Gasteiger partial charge in [0, 0.05) is 0 Å². The quantitative estimate of drug-likeness (QED) is 0.619. The summed E-state index contributed by atoms with van der Waals surface area (Å²) in [6.45, 7) is 4.10. The normalized spacial score (nSPS) is 13.5. The second-order valence-electron chi connectivity index (χ2n) is 4.53. The minimum atomic E-state index is -0.643. The molecule has 0 aliphatic carbocycles. The molecule has 0 bridgehead atoms. The Bertz CT molecular complexity index is 459. The van der Waals surface area contributed by atoms with E-state index in [1.54, 1.807) is 6.92 Å². The lowest BCUT2D eigenvalue weighted by atomic mass is 10.0. The summed E-state index contributed by atoms with van der Waals surface area (Å²) >= 11 is 0. The molecule has 6 nitrogen and oxygen atoms in total. The first-order valence-electron chi connectivity index (χ1n) is 6.50. The van der Waals surface area contributed by atoms with Crippen LogP contribution in [0.3, 0.4) is 0 Å². The molecule has 110 valence electrons. The monoisotopic (exact) mass is 279 g/mol. The summed E-state index contributed by atoms with van der Waals surface area (Å²) in [4.78, 5) is 22.4. The average Bonchev–Trinajstić information content (AvgIpc) is 2.40. The predicted molar refractivity (Wildman–Crippen MR) is 76.1 cm³/mol. The van der Waals surface area contributed by atoms with Crippen molar-refractivity contribution in [1.29, 1.82) is 0 Å². The lowest BCUT2D eigenvalue weighted by Gasteiger charge is -2.19. The molecule has 0 aliphatic rings. The fraction of sp³-hybridized carbons (Fsp3) is 0.429. The highest BCUT2D eigenvalue weighted by Gasteiger charge is 2.20. The maximum atomic E-state index is 11.4.